The minimum Gasteiger partial charge on any atom is -0.377 e. The molecule has 1 aliphatic rings. The smallest absolute Gasteiger partial charge is 0.255 e. The largest absolute Gasteiger partial charge is 0.377 e. The molecule has 0 spiro atoms. The topological polar surface area (TPSA) is 97.4 Å². The summed E-state index contributed by atoms with van der Waals surface area (Å²) in [6.07, 6.45) is 4.82. The van der Waals surface area contributed by atoms with E-state index >= 15 is 0 Å². The van der Waals surface area contributed by atoms with Crippen LogP contribution in [0.15, 0.2) is 53.7 Å². The van der Waals surface area contributed by atoms with Crippen molar-refractivity contribution in [2.24, 2.45) is 0 Å². The lowest BCUT2D eigenvalue weighted by Gasteiger charge is -2.12. The van der Waals surface area contributed by atoms with Gasteiger partial charge in [-0.15, -0.1) is 0 Å². The van der Waals surface area contributed by atoms with Crippen molar-refractivity contribution in [3.05, 3.63) is 54.4 Å². The van der Waals surface area contributed by atoms with E-state index in [4.69, 9.17) is 4.74 Å². The second-order valence-corrected chi connectivity index (χ2v) is 7.47. The molecule has 1 unspecified atom stereocenters. The highest BCUT2D eigenvalue weighted by Crippen LogP contribution is 2.16. The number of nitrogens with one attached hydrogen (secondary N) is 2. The molecule has 132 valence electrons. The van der Waals surface area contributed by atoms with E-state index < -0.39 is 10.0 Å². The molecule has 1 fully saturated rings. The first-order valence-electron chi connectivity index (χ1n) is 7.97. The first kappa shape index (κ1) is 17.5. The van der Waals surface area contributed by atoms with Crippen LogP contribution in [-0.4, -0.2) is 38.6 Å². The van der Waals surface area contributed by atoms with Crippen molar-refractivity contribution in [1.29, 1.82) is 0 Å². The summed E-state index contributed by atoms with van der Waals surface area (Å²) in [5, 5.41) is 2.71. The molecule has 1 aromatic carbocycles. The Kier molecular flexibility index (Phi) is 5.42. The molecule has 1 aliphatic heterocycles. The Balaban J connectivity index is 1.62. The van der Waals surface area contributed by atoms with E-state index in [1.54, 1.807) is 24.3 Å². The van der Waals surface area contributed by atoms with Crippen molar-refractivity contribution in [3.8, 4) is 0 Å². The summed E-state index contributed by atoms with van der Waals surface area (Å²) in [4.78, 5) is 16.1. The maximum atomic E-state index is 12.3. The molecule has 25 heavy (non-hydrogen) atoms. The maximum Gasteiger partial charge on any atom is 0.255 e. The van der Waals surface area contributed by atoms with Gasteiger partial charge < -0.3 is 10.1 Å². The molecule has 0 saturated carbocycles. The lowest BCUT2D eigenvalue weighted by Crippen LogP contribution is -2.31. The van der Waals surface area contributed by atoms with Crippen LogP contribution in [0.5, 0.6) is 0 Å². The Hall–Kier alpha value is -2.29. The van der Waals surface area contributed by atoms with Gasteiger partial charge in [0.25, 0.3) is 5.91 Å². The van der Waals surface area contributed by atoms with Gasteiger partial charge >= 0.3 is 0 Å². The third-order valence-corrected chi connectivity index (χ3v) is 5.33. The fraction of sp³-hybridized carbons (Fsp3) is 0.294. The van der Waals surface area contributed by atoms with Crippen LogP contribution in [0.4, 0.5) is 5.69 Å². The molecule has 7 nitrogen and oxygen atoms in total. The number of sulfonamides is 1. The van der Waals surface area contributed by atoms with E-state index in [1.165, 1.54) is 24.5 Å². The first-order chi connectivity index (χ1) is 12.0. The molecule has 3 rings (SSSR count). The molecule has 8 heteroatoms. The lowest BCUT2D eigenvalue weighted by molar-refractivity contribution is 0.102. The number of aromatic nitrogens is 1. The quantitative estimate of drug-likeness (QED) is 0.817. The van der Waals surface area contributed by atoms with Gasteiger partial charge in [0.1, 0.15) is 0 Å². The second kappa shape index (κ2) is 7.73. The summed E-state index contributed by atoms with van der Waals surface area (Å²) in [6, 6.07) is 9.23. The number of amides is 1. The number of carbonyl (C=O) groups is 1. The number of benzene rings is 1. The molecule has 1 amide bonds. The van der Waals surface area contributed by atoms with Gasteiger partial charge in [-0.2, -0.15) is 0 Å². The molecule has 2 heterocycles. The van der Waals surface area contributed by atoms with Gasteiger partial charge in [0.15, 0.2) is 0 Å². The van der Waals surface area contributed by atoms with E-state index in [0.717, 1.165) is 12.8 Å². The standard InChI is InChI=1S/C17H19N3O4S/c21-17(13-7-9-18-10-8-13)20-14-3-5-16(6-4-14)25(22,23)19-12-15-2-1-11-24-15/h3-10,15,19H,1-2,11-12H2,(H,20,21). The maximum absolute atomic E-state index is 12.3. The van der Waals surface area contributed by atoms with Gasteiger partial charge in [-0.05, 0) is 49.2 Å². The molecule has 0 aliphatic carbocycles. The zero-order valence-corrected chi connectivity index (χ0v) is 14.3. The summed E-state index contributed by atoms with van der Waals surface area (Å²) in [5.41, 5.74) is 0.991. The molecule has 1 aromatic heterocycles. The monoisotopic (exact) mass is 361 g/mol. The highest BCUT2D eigenvalue weighted by atomic mass is 32.2. The SMILES string of the molecule is O=C(Nc1ccc(S(=O)(=O)NCC2CCCO2)cc1)c1ccncc1. The molecular weight excluding hydrogens is 342 g/mol. The Morgan fingerprint density at radius 1 is 1.16 bits per heavy atom. The minimum absolute atomic E-state index is 0.0614. The average molecular weight is 361 g/mol. The van der Waals surface area contributed by atoms with Gasteiger partial charge in [0.2, 0.25) is 10.0 Å². The highest BCUT2D eigenvalue weighted by molar-refractivity contribution is 7.89. The number of ether oxygens (including phenoxy) is 1. The fourth-order valence-electron chi connectivity index (χ4n) is 2.52. The predicted molar refractivity (Wildman–Crippen MR) is 92.8 cm³/mol. The van der Waals surface area contributed by atoms with Gasteiger partial charge in [0.05, 0.1) is 11.0 Å². The molecule has 2 N–H and O–H groups in total. The summed E-state index contributed by atoms with van der Waals surface area (Å²) in [7, 11) is -3.60. The molecule has 2 aromatic rings. The van der Waals surface area contributed by atoms with Crippen LogP contribution in [0, 0.1) is 0 Å². The Morgan fingerprint density at radius 2 is 1.88 bits per heavy atom. The van der Waals surface area contributed by atoms with Crippen LogP contribution in [-0.2, 0) is 14.8 Å². The van der Waals surface area contributed by atoms with Crippen LogP contribution in [0.1, 0.15) is 23.2 Å². The second-order valence-electron chi connectivity index (χ2n) is 5.70. The Morgan fingerprint density at radius 3 is 2.52 bits per heavy atom. The van der Waals surface area contributed by atoms with E-state index in [1.807, 2.05) is 0 Å². The van der Waals surface area contributed by atoms with E-state index in [0.29, 0.717) is 17.9 Å². The summed E-state index contributed by atoms with van der Waals surface area (Å²) >= 11 is 0. The number of anilines is 1. The number of nitrogens with zero attached hydrogens (tertiary/aromatic N) is 1. The van der Waals surface area contributed by atoms with Crippen molar-refractivity contribution in [1.82, 2.24) is 9.71 Å². The van der Waals surface area contributed by atoms with Crippen molar-refractivity contribution in [2.45, 2.75) is 23.8 Å². The fourth-order valence-corrected chi connectivity index (χ4v) is 3.58. The number of hydrogen-bond donors (Lipinski definition) is 2. The van der Waals surface area contributed by atoms with Gasteiger partial charge in [-0.3, -0.25) is 9.78 Å². The highest BCUT2D eigenvalue weighted by Gasteiger charge is 2.20. The van der Waals surface area contributed by atoms with Gasteiger partial charge in [0, 0.05) is 36.8 Å². The number of rotatable bonds is 6. The van der Waals surface area contributed by atoms with Crippen molar-refractivity contribution >= 4 is 21.6 Å². The third-order valence-electron chi connectivity index (χ3n) is 3.89. The number of carbonyl (C=O) groups excluding carboxylic acids is 1. The molecule has 1 atom stereocenters. The van der Waals surface area contributed by atoms with Crippen LogP contribution in [0.2, 0.25) is 0 Å². The summed E-state index contributed by atoms with van der Waals surface area (Å²) < 4.78 is 32.5. The Labute approximate surface area is 146 Å². The minimum atomic E-state index is -3.60. The van der Waals surface area contributed by atoms with Crippen molar-refractivity contribution in [3.63, 3.8) is 0 Å². The van der Waals surface area contributed by atoms with Gasteiger partial charge in [-0.25, -0.2) is 13.1 Å². The third kappa shape index (κ3) is 4.62. The molecular formula is C17H19N3O4S. The number of pyridine rings is 1. The average Bonchev–Trinajstić information content (AvgIpc) is 3.15. The lowest BCUT2D eigenvalue weighted by atomic mass is 10.2. The first-order valence-corrected chi connectivity index (χ1v) is 9.46. The zero-order valence-electron chi connectivity index (χ0n) is 13.5. The van der Waals surface area contributed by atoms with E-state index in [9.17, 15) is 13.2 Å². The number of hydrogen-bond acceptors (Lipinski definition) is 5. The summed E-state index contributed by atoms with van der Waals surface area (Å²) in [6.45, 7) is 0.946. The normalized spacial score (nSPS) is 17.4. The molecule has 1 saturated heterocycles. The van der Waals surface area contributed by atoms with Gasteiger partial charge in [-0.1, -0.05) is 0 Å². The van der Waals surface area contributed by atoms with Crippen molar-refractivity contribution in [2.75, 3.05) is 18.5 Å². The van der Waals surface area contributed by atoms with Crippen LogP contribution in [0.25, 0.3) is 0 Å². The summed E-state index contributed by atoms with van der Waals surface area (Å²) in [5.74, 6) is -0.283. The van der Waals surface area contributed by atoms with Crippen LogP contribution >= 0.6 is 0 Å². The van der Waals surface area contributed by atoms with E-state index in [2.05, 4.69) is 15.0 Å². The van der Waals surface area contributed by atoms with Crippen LogP contribution in [0.3, 0.4) is 0 Å². The molecule has 0 radical (unpaired) electrons. The molecule has 0 bridgehead atoms. The Bertz CT molecular complexity index is 817. The zero-order chi connectivity index (χ0) is 17.7. The van der Waals surface area contributed by atoms with Crippen LogP contribution < -0.4 is 10.0 Å². The van der Waals surface area contributed by atoms with E-state index in [-0.39, 0.29) is 23.5 Å². The van der Waals surface area contributed by atoms with Crippen molar-refractivity contribution < 1.29 is 17.9 Å². The predicted octanol–water partition coefficient (Wildman–Crippen LogP) is 1.79.